The number of halogens is 1. The number of nitrogens with one attached hydrogen (secondary N) is 2. The lowest BCUT2D eigenvalue weighted by Crippen LogP contribution is -2.33. The minimum atomic E-state index is -0.624. The summed E-state index contributed by atoms with van der Waals surface area (Å²) >= 11 is 0. The van der Waals surface area contributed by atoms with E-state index in [1.807, 2.05) is 30.3 Å². The van der Waals surface area contributed by atoms with E-state index in [1.165, 1.54) is 41.0 Å². The average molecular weight is 488 g/mol. The van der Waals surface area contributed by atoms with Crippen LogP contribution in [0.1, 0.15) is 17.4 Å². The number of imidazole rings is 1. The second-order valence-corrected chi connectivity index (χ2v) is 8.19. The molecular weight excluding hydrogens is 467 g/mol. The van der Waals surface area contributed by atoms with E-state index in [4.69, 9.17) is 4.74 Å². The zero-order valence-electron chi connectivity index (χ0n) is 19.1. The Bertz CT molecular complexity index is 1480. The van der Waals surface area contributed by atoms with Gasteiger partial charge in [0.1, 0.15) is 29.8 Å². The quantitative estimate of drug-likeness (QED) is 0.430. The van der Waals surface area contributed by atoms with Gasteiger partial charge in [-0.3, -0.25) is 14.5 Å². The van der Waals surface area contributed by atoms with Crippen LogP contribution in [-0.2, 0) is 9.53 Å². The SMILES string of the molecule is CC(=O)NC[C@H]1CN(c2ccc(-n3cnc(C(=O)Nc4nccc5ccccc45)c3)c(F)c2)C(=O)O1. The Hall–Kier alpha value is -4.80. The van der Waals surface area contributed by atoms with Crippen molar-refractivity contribution < 1.29 is 23.5 Å². The van der Waals surface area contributed by atoms with Crippen molar-refractivity contribution in [3.05, 3.63) is 78.8 Å². The van der Waals surface area contributed by atoms with E-state index in [2.05, 4.69) is 20.6 Å². The molecule has 0 saturated carbocycles. The molecule has 0 unspecified atom stereocenters. The van der Waals surface area contributed by atoms with Gasteiger partial charge in [0.15, 0.2) is 0 Å². The van der Waals surface area contributed by atoms with E-state index < -0.39 is 23.9 Å². The lowest BCUT2D eigenvalue weighted by atomic mass is 10.1. The van der Waals surface area contributed by atoms with Crippen LogP contribution >= 0.6 is 0 Å². The van der Waals surface area contributed by atoms with Gasteiger partial charge in [0.05, 0.1) is 24.5 Å². The molecule has 36 heavy (non-hydrogen) atoms. The Kier molecular flexibility index (Phi) is 6.03. The van der Waals surface area contributed by atoms with E-state index in [1.54, 1.807) is 12.3 Å². The molecule has 2 aromatic heterocycles. The molecule has 0 bridgehead atoms. The summed E-state index contributed by atoms with van der Waals surface area (Å²) in [5, 5.41) is 7.06. The number of cyclic esters (lactones) is 1. The summed E-state index contributed by atoms with van der Waals surface area (Å²) in [5.41, 5.74) is 0.541. The highest BCUT2D eigenvalue weighted by Crippen LogP contribution is 2.26. The maximum Gasteiger partial charge on any atom is 0.414 e. The predicted octanol–water partition coefficient (Wildman–Crippen LogP) is 3.27. The van der Waals surface area contributed by atoms with Gasteiger partial charge in [-0.1, -0.05) is 24.3 Å². The third kappa shape index (κ3) is 4.58. The van der Waals surface area contributed by atoms with Crippen LogP contribution in [0.5, 0.6) is 0 Å². The van der Waals surface area contributed by atoms with Gasteiger partial charge in [-0.05, 0) is 29.7 Å². The average Bonchev–Trinajstić information content (AvgIpc) is 3.50. The Labute approximate surface area is 204 Å². The molecule has 3 heterocycles. The summed E-state index contributed by atoms with van der Waals surface area (Å²) in [7, 11) is 0. The number of ether oxygens (including phenoxy) is 1. The molecule has 2 aromatic carbocycles. The molecule has 5 rings (SSSR count). The number of aromatic nitrogens is 3. The highest BCUT2D eigenvalue weighted by molar-refractivity contribution is 6.07. The van der Waals surface area contributed by atoms with Crippen molar-refractivity contribution in [2.24, 2.45) is 0 Å². The van der Waals surface area contributed by atoms with Gasteiger partial charge in [-0.25, -0.2) is 19.2 Å². The zero-order valence-corrected chi connectivity index (χ0v) is 19.1. The molecule has 1 aliphatic heterocycles. The molecule has 1 fully saturated rings. The lowest BCUT2D eigenvalue weighted by molar-refractivity contribution is -0.119. The second-order valence-electron chi connectivity index (χ2n) is 8.19. The van der Waals surface area contributed by atoms with Crippen LogP contribution in [0.15, 0.2) is 67.3 Å². The molecule has 1 saturated heterocycles. The fourth-order valence-corrected chi connectivity index (χ4v) is 3.93. The molecule has 4 aromatic rings. The summed E-state index contributed by atoms with van der Waals surface area (Å²) in [6.07, 6.45) is 3.19. The van der Waals surface area contributed by atoms with E-state index in [0.29, 0.717) is 11.5 Å². The number of benzene rings is 2. The first-order chi connectivity index (χ1) is 17.4. The monoisotopic (exact) mass is 488 g/mol. The number of nitrogens with zero attached hydrogens (tertiary/aromatic N) is 4. The first-order valence-electron chi connectivity index (χ1n) is 11.1. The van der Waals surface area contributed by atoms with Crippen LogP contribution in [0.2, 0.25) is 0 Å². The van der Waals surface area contributed by atoms with Gasteiger partial charge in [0, 0.05) is 24.7 Å². The number of anilines is 2. The fourth-order valence-electron chi connectivity index (χ4n) is 3.93. The van der Waals surface area contributed by atoms with Gasteiger partial charge < -0.3 is 19.9 Å². The number of carbonyl (C=O) groups excluding carboxylic acids is 3. The fraction of sp³-hybridized carbons (Fsp3) is 0.160. The minimum absolute atomic E-state index is 0.0807. The highest BCUT2D eigenvalue weighted by Gasteiger charge is 2.32. The Morgan fingerprint density at radius 1 is 1.17 bits per heavy atom. The highest BCUT2D eigenvalue weighted by atomic mass is 19.1. The Morgan fingerprint density at radius 2 is 2.00 bits per heavy atom. The van der Waals surface area contributed by atoms with Crippen LogP contribution in [0.25, 0.3) is 16.5 Å². The minimum Gasteiger partial charge on any atom is -0.442 e. The van der Waals surface area contributed by atoms with E-state index in [0.717, 1.165) is 10.8 Å². The Morgan fingerprint density at radius 3 is 2.81 bits per heavy atom. The molecule has 0 spiro atoms. The topological polar surface area (TPSA) is 118 Å². The van der Waals surface area contributed by atoms with Gasteiger partial charge in [0.25, 0.3) is 5.91 Å². The molecule has 10 nitrogen and oxygen atoms in total. The van der Waals surface area contributed by atoms with Crippen LogP contribution in [0.4, 0.5) is 20.7 Å². The molecule has 1 aliphatic rings. The summed E-state index contributed by atoms with van der Waals surface area (Å²) in [5.74, 6) is -0.940. The number of carbonyl (C=O) groups is 3. The lowest BCUT2D eigenvalue weighted by Gasteiger charge is -2.14. The van der Waals surface area contributed by atoms with E-state index >= 15 is 4.39 Å². The summed E-state index contributed by atoms with van der Waals surface area (Å²) in [6, 6.07) is 13.6. The largest absolute Gasteiger partial charge is 0.442 e. The van der Waals surface area contributed by atoms with Crippen LogP contribution in [-0.4, -0.2) is 51.6 Å². The molecule has 0 aliphatic carbocycles. The van der Waals surface area contributed by atoms with Crippen LogP contribution < -0.4 is 15.5 Å². The second kappa shape index (κ2) is 9.45. The predicted molar refractivity (Wildman–Crippen MR) is 130 cm³/mol. The van der Waals surface area contributed by atoms with Gasteiger partial charge >= 0.3 is 6.09 Å². The first kappa shape index (κ1) is 23.0. The van der Waals surface area contributed by atoms with Crippen molar-refractivity contribution in [3.8, 4) is 5.69 Å². The number of rotatable bonds is 6. The van der Waals surface area contributed by atoms with Crippen molar-refractivity contribution >= 4 is 40.2 Å². The van der Waals surface area contributed by atoms with Crippen molar-refractivity contribution in [1.82, 2.24) is 19.9 Å². The third-order valence-electron chi connectivity index (χ3n) is 5.69. The molecule has 182 valence electrons. The van der Waals surface area contributed by atoms with E-state index in [-0.39, 0.29) is 30.4 Å². The van der Waals surface area contributed by atoms with Crippen molar-refractivity contribution in [2.75, 3.05) is 23.3 Å². The normalized spacial score (nSPS) is 15.1. The first-order valence-corrected chi connectivity index (χ1v) is 11.1. The summed E-state index contributed by atoms with van der Waals surface area (Å²) in [6.45, 7) is 1.72. The molecule has 0 radical (unpaired) electrons. The number of pyridine rings is 1. The number of amides is 3. The third-order valence-corrected chi connectivity index (χ3v) is 5.69. The van der Waals surface area contributed by atoms with Crippen molar-refractivity contribution in [3.63, 3.8) is 0 Å². The van der Waals surface area contributed by atoms with Gasteiger partial charge in [-0.2, -0.15) is 0 Å². The molecule has 1 atom stereocenters. The smallest absolute Gasteiger partial charge is 0.414 e. The maximum absolute atomic E-state index is 15.0. The maximum atomic E-state index is 15.0. The Balaban J connectivity index is 1.31. The van der Waals surface area contributed by atoms with Gasteiger partial charge in [0.2, 0.25) is 5.91 Å². The molecule has 11 heteroatoms. The number of fused-ring (bicyclic) bond motifs is 1. The van der Waals surface area contributed by atoms with E-state index in [9.17, 15) is 14.4 Å². The standard InChI is InChI=1S/C25H21FN6O4/c1-15(33)28-11-18-12-32(25(35)36-18)17-6-7-22(20(26)10-17)31-13-21(29-14-31)24(34)30-23-19-5-3-2-4-16(19)8-9-27-23/h2-10,13-14,18H,11-12H2,1H3,(H,28,33)(H,27,30,34)/t18-/m0/s1. The summed E-state index contributed by atoms with van der Waals surface area (Å²) in [4.78, 5) is 45.7. The molecule has 2 N–H and O–H groups in total. The molecule has 3 amide bonds. The number of hydrogen-bond donors (Lipinski definition) is 2. The molecular formula is C25H21FN6O4. The van der Waals surface area contributed by atoms with Crippen LogP contribution in [0.3, 0.4) is 0 Å². The van der Waals surface area contributed by atoms with Crippen molar-refractivity contribution in [1.29, 1.82) is 0 Å². The zero-order chi connectivity index (χ0) is 25.2. The number of hydrogen-bond acceptors (Lipinski definition) is 6. The van der Waals surface area contributed by atoms with Crippen LogP contribution in [0, 0.1) is 5.82 Å². The van der Waals surface area contributed by atoms with Crippen molar-refractivity contribution in [2.45, 2.75) is 13.0 Å². The summed E-state index contributed by atoms with van der Waals surface area (Å²) < 4.78 is 21.6. The van der Waals surface area contributed by atoms with Gasteiger partial charge in [-0.15, -0.1) is 0 Å².